The fraction of sp³-hybridized carbons (Fsp3) is 0.938. The smallest absolute Gasteiger partial charge is 0.156 e. The minimum Gasteiger partial charge on any atom is -0.362 e. The molecule has 4 atom stereocenters. The Morgan fingerprint density at radius 3 is 3.00 bits per heavy atom. The molecule has 3 aliphatic rings. The van der Waals surface area contributed by atoms with Crippen molar-refractivity contribution in [1.29, 1.82) is 0 Å². The predicted molar refractivity (Wildman–Crippen MR) is 84.8 cm³/mol. The van der Waals surface area contributed by atoms with Gasteiger partial charge in [-0.05, 0) is 43.4 Å². The molecule has 108 valence electrons. The van der Waals surface area contributed by atoms with Crippen molar-refractivity contribution >= 4 is 16.9 Å². The van der Waals surface area contributed by atoms with Gasteiger partial charge in [-0.2, -0.15) is 0 Å². The molecule has 2 aliphatic carbocycles. The molecule has 0 bridgehead atoms. The van der Waals surface area contributed by atoms with Crippen LogP contribution in [0.2, 0.25) is 0 Å². The zero-order chi connectivity index (χ0) is 13.1. The van der Waals surface area contributed by atoms with E-state index in [0.29, 0.717) is 0 Å². The fourth-order valence-corrected chi connectivity index (χ4v) is 5.26. The Labute approximate surface area is 122 Å². The van der Waals surface area contributed by atoms with E-state index in [1.54, 1.807) is 0 Å². The Balaban J connectivity index is 1.42. The second kappa shape index (κ2) is 6.51. The number of hydrogen-bond donors (Lipinski definition) is 1. The molecule has 1 aliphatic heterocycles. The van der Waals surface area contributed by atoms with Gasteiger partial charge in [0.1, 0.15) is 0 Å². The lowest BCUT2D eigenvalue weighted by Gasteiger charge is -2.28. The largest absolute Gasteiger partial charge is 0.362 e. The van der Waals surface area contributed by atoms with Crippen molar-refractivity contribution in [2.75, 3.05) is 12.3 Å². The third kappa shape index (κ3) is 3.68. The van der Waals surface area contributed by atoms with Gasteiger partial charge in [0.25, 0.3) is 0 Å². The summed E-state index contributed by atoms with van der Waals surface area (Å²) in [5.74, 6) is 4.12. The number of nitrogens with zero attached hydrogens (tertiary/aromatic N) is 1. The first-order chi connectivity index (χ1) is 9.31. The molecule has 3 heteroatoms. The zero-order valence-corrected chi connectivity index (χ0v) is 13.1. The molecule has 1 N–H and O–H groups in total. The molecule has 1 heterocycles. The highest BCUT2D eigenvalue weighted by Crippen LogP contribution is 2.33. The van der Waals surface area contributed by atoms with Gasteiger partial charge in [0.15, 0.2) is 5.17 Å². The molecule has 2 saturated carbocycles. The molecule has 0 radical (unpaired) electrons. The van der Waals surface area contributed by atoms with Crippen LogP contribution in [0.25, 0.3) is 0 Å². The van der Waals surface area contributed by atoms with Crippen LogP contribution < -0.4 is 5.32 Å². The SMILES string of the molecule is CC1CCCC(CCN=C2NC3CCCC3CS2)C1. The van der Waals surface area contributed by atoms with Gasteiger partial charge in [0, 0.05) is 18.3 Å². The van der Waals surface area contributed by atoms with Crippen LogP contribution >= 0.6 is 11.8 Å². The van der Waals surface area contributed by atoms with Crippen LogP contribution in [0.15, 0.2) is 4.99 Å². The minimum atomic E-state index is 0.745. The van der Waals surface area contributed by atoms with Gasteiger partial charge in [0.05, 0.1) is 0 Å². The summed E-state index contributed by atoms with van der Waals surface area (Å²) in [6.07, 6.45) is 11.3. The van der Waals surface area contributed by atoms with E-state index in [4.69, 9.17) is 4.99 Å². The summed E-state index contributed by atoms with van der Waals surface area (Å²) in [7, 11) is 0. The maximum absolute atomic E-state index is 4.83. The van der Waals surface area contributed by atoms with E-state index in [-0.39, 0.29) is 0 Å². The fourth-order valence-electron chi connectivity index (χ4n) is 4.07. The quantitative estimate of drug-likeness (QED) is 0.843. The standard InChI is InChI=1S/C16H28N2S/c1-12-4-2-5-13(10-12)8-9-17-16-18-15-7-3-6-14(15)11-19-16/h12-15H,2-11H2,1H3,(H,17,18). The summed E-state index contributed by atoms with van der Waals surface area (Å²) in [6.45, 7) is 3.46. The van der Waals surface area contributed by atoms with E-state index in [1.807, 2.05) is 11.8 Å². The number of hydrogen-bond acceptors (Lipinski definition) is 2. The monoisotopic (exact) mass is 280 g/mol. The number of rotatable bonds is 3. The molecule has 0 aromatic rings. The van der Waals surface area contributed by atoms with Gasteiger partial charge in [0.2, 0.25) is 0 Å². The molecule has 2 nitrogen and oxygen atoms in total. The molecular formula is C16H28N2S. The molecule has 4 unspecified atom stereocenters. The normalized spacial score (nSPS) is 41.0. The molecular weight excluding hydrogens is 252 g/mol. The first-order valence-electron chi connectivity index (χ1n) is 8.25. The lowest BCUT2D eigenvalue weighted by atomic mass is 9.81. The Hall–Kier alpha value is -0.180. The summed E-state index contributed by atoms with van der Waals surface area (Å²) < 4.78 is 0. The average Bonchev–Trinajstić information content (AvgIpc) is 2.86. The van der Waals surface area contributed by atoms with Gasteiger partial charge in [-0.25, -0.2) is 0 Å². The Morgan fingerprint density at radius 1 is 1.21 bits per heavy atom. The Morgan fingerprint density at radius 2 is 2.11 bits per heavy atom. The summed E-state index contributed by atoms with van der Waals surface area (Å²) in [4.78, 5) is 4.83. The van der Waals surface area contributed by atoms with Crippen LogP contribution in [0.1, 0.15) is 58.3 Å². The third-order valence-electron chi connectivity index (χ3n) is 5.24. The number of thioether (sulfide) groups is 1. The van der Waals surface area contributed by atoms with Crippen molar-refractivity contribution in [3.05, 3.63) is 0 Å². The molecule has 1 saturated heterocycles. The summed E-state index contributed by atoms with van der Waals surface area (Å²) in [5, 5.41) is 4.92. The summed E-state index contributed by atoms with van der Waals surface area (Å²) in [5.41, 5.74) is 0. The molecule has 3 rings (SSSR count). The number of aliphatic imine (C=N–C) groups is 1. The van der Waals surface area contributed by atoms with E-state index in [9.17, 15) is 0 Å². The second-order valence-electron chi connectivity index (χ2n) is 6.87. The first-order valence-corrected chi connectivity index (χ1v) is 9.23. The molecule has 0 spiro atoms. The topological polar surface area (TPSA) is 24.4 Å². The van der Waals surface area contributed by atoms with Crippen LogP contribution in [-0.4, -0.2) is 23.5 Å². The highest BCUT2D eigenvalue weighted by atomic mass is 32.2. The molecule has 3 fully saturated rings. The Bertz CT molecular complexity index is 329. The van der Waals surface area contributed by atoms with Crippen molar-refractivity contribution in [2.24, 2.45) is 22.7 Å². The van der Waals surface area contributed by atoms with Crippen LogP contribution in [0.4, 0.5) is 0 Å². The maximum Gasteiger partial charge on any atom is 0.156 e. The van der Waals surface area contributed by atoms with E-state index in [0.717, 1.165) is 30.3 Å². The highest BCUT2D eigenvalue weighted by Gasteiger charge is 2.31. The zero-order valence-electron chi connectivity index (χ0n) is 12.2. The van der Waals surface area contributed by atoms with Crippen molar-refractivity contribution in [3.63, 3.8) is 0 Å². The van der Waals surface area contributed by atoms with Gasteiger partial charge < -0.3 is 5.32 Å². The minimum absolute atomic E-state index is 0.745. The molecule has 0 amide bonds. The van der Waals surface area contributed by atoms with Crippen molar-refractivity contribution in [2.45, 2.75) is 64.3 Å². The van der Waals surface area contributed by atoms with E-state index >= 15 is 0 Å². The molecule has 0 aromatic heterocycles. The summed E-state index contributed by atoms with van der Waals surface area (Å²) >= 11 is 1.97. The van der Waals surface area contributed by atoms with Gasteiger partial charge in [-0.15, -0.1) is 0 Å². The van der Waals surface area contributed by atoms with Crippen molar-refractivity contribution in [3.8, 4) is 0 Å². The first kappa shape index (κ1) is 13.8. The van der Waals surface area contributed by atoms with Crippen molar-refractivity contribution in [1.82, 2.24) is 5.32 Å². The predicted octanol–water partition coefficient (Wildman–Crippen LogP) is 4.06. The van der Waals surface area contributed by atoms with Gasteiger partial charge in [-0.3, -0.25) is 4.99 Å². The number of fused-ring (bicyclic) bond motifs is 1. The van der Waals surface area contributed by atoms with Crippen LogP contribution in [0.3, 0.4) is 0 Å². The van der Waals surface area contributed by atoms with Crippen LogP contribution in [-0.2, 0) is 0 Å². The number of amidine groups is 1. The van der Waals surface area contributed by atoms with Crippen LogP contribution in [0.5, 0.6) is 0 Å². The number of nitrogens with one attached hydrogen (secondary N) is 1. The van der Waals surface area contributed by atoms with E-state index in [2.05, 4.69) is 12.2 Å². The lowest BCUT2D eigenvalue weighted by molar-refractivity contribution is 0.273. The van der Waals surface area contributed by atoms with E-state index in [1.165, 1.54) is 62.3 Å². The van der Waals surface area contributed by atoms with Gasteiger partial charge in [-0.1, -0.05) is 44.4 Å². The van der Waals surface area contributed by atoms with Crippen LogP contribution in [0, 0.1) is 17.8 Å². The summed E-state index contributed by atoms with van der Waals surface area (Å²) in [6, 6.07) is 0.745. The van der Waals surface area contributed by atoms with Gasteiger partial charge >= 0.3 is 0 Å². The lowest BCUT2D eigenvalue weighted by Crippen LogP contribution is -2.41. The highest BCUT2D eigenvalue weighted by molar-refractivity contribution is 8.13. The Kier molecular flexibility index (Phi) is 4.73. The second-order valence-corrected chi connectivity index (χ2v) is 7.87. The van der Waals surface area contributed by atoms with E-state index < -0.39 is 0 Å². The molecule has 19 heavy (non-hydrogen) atoms. The third-order valence-corrected chi connectivity index (χ3v) is 6.36. The van der Waals surface area contributed by atoms with Crippen molar-refractivity contribution < 1.29 is 0 Å². The maximum atomic E-state index is 4.83. The average molecular weight is 280 g/mol. The molecule has 0 aromatic carbocycles.